The molecule has 0 spiro atoms. The van der Waals surface area contributed by atoms with Gasteiger partial charge in [0.05, 0.1) is 0 Å². The average Bonchev–Trinajstić information content (AvgIpc) is 4.07. The van der Waals surface area contributed by atoms with E-state index in [4.69, 9.17) is 0 Å². The third kappa shape index (κ3) is 7.57. The van der Waals surface area contributed by atoms with Crippen LogP contribution in [0.25, 0.3) is 108 Å². The number of hydrogen-bond donors (Lipinski definition) is 0. The van der Waals surface area contributed by atoms with Gasteiger partial charge in [-0.15, -0.1) is 0 Å². The second-order valence-corrected chi connectivity index (χ2v) is 28.0. The summed E-state index contributed by atoms with van der Waals surface area (Å²) in [4.78, 5) is 0. The zero-order valence-corrected chi connectivity index (χ0v) is 46.7. The molecule has 0 unspecified atom stereocenters. The van der Waals surface area contributed by atoms with Crippen LogP contribution in [0, 0.1) is 0 Å². The highest BCUT2D eigenvalue weighted by Crippen LogP contribution is 2.56. The van der Waals surface area contributed by atoms with E-state index in [1.54, 1.807) is 0 Å². The summed E-state index contributed by atoms with van der Waals surface area (Å²) in [5, 5.41) is 25.3. The number of fused-ring (bicyclic) bond motifs is 10. The van der Waals surface area contributed by atoms with Crippen molar-refractivity contribution >= 4 is 110 Å². The van der Waals surface area contributed by atoms with E-state index in [1.165, 1.54) is 147 Å². The summed E-state index contributed by atoms with van der Waals surface area (Å²) in [5.74, 6) is 0. The van der Waals surface area contributed by atoms with Crippen LogP contribution in [0.3, 0.4) is 0 Å². The van der Waals surface area contributed by atoms with Crippen molar-refractivity contribution in [2.24, 2.45) is 0 Å². The minimum atomic E-state index is -0.801. The van der Waals surface area contributed by atoms with Gasteiger partial charge in [0, 0.05) is 0 Å². The van der Waals surface area contributed by atoms with Crippen molar-refractivity contribution in [2.45, 2.75) is 105 Å². The first kappa shape index (κ1) is 47.6. The molecular weight excluding hydrogens is 920 g/mol. The predicted octanol–water partition coefficient (Wildman–Crippen LogP) is 20.1. The molecule has 0 nitrogen and oxygen atoms in total. The Labute approximate surface area is 444 Å². The molecule has 0 saturated carbocycles. The molecule has 0 bridgehead atoms. The van der Waals surface area contributed by atoms with E-state index in [1.807, 2.05) is 0 Å². The van der Waals surface area contributed by atoms with Crippen LogP contribution in [0.5, 0.6) is 0 Å². The van der Waals surface area contributed by atoms with Gasteiger partial charge in [-0.2, -0.15) is 0 Å². The maximum atomic E-state index is 2.62. The fourth-order valence-corrected chi connectivity index (χ4v) is 14.9. The Morgan fingerprint density at radius 1 is 0.240 bits per heavy atom. The van der Waals surface area contributed by atoms with Crippen molar-refractivity contribution in [1.29, 1.82) is 0 Å². The maximum absolute atomic E-state index is 2.62. The summed E-state index contributed by atoms with van der Waals surface area (Å²) in [6.07, 6.45) is 0. The fraction of sp³-hybridized carbons (Fsp3) is 0.216. The van der Waals surface area contributed by atoms with Crippen LogP contribution in [-0.4, -0.2) is 0 Å². The van der Waals surface area contributed by atoms with Crippen molar-refractivity contribution in [2.75, 3.05) is 0 Å². The van der Waals surface area contributed by atoms with Gasteiger partial charge in [0.25, 0.3) is 0 Å². The smallest absolute Gasteiger partial charge is 0.000697 e. The number of hydrogen-bond acceptors (Lipinski definition) is 0. The minimum absolute atomic E-state index is 0.0718. The van der Waals surface area contributed by atoms with E-state index in [2.05, 4.69) is 271 Å². The third-order valence-electron chi connectivity index (χ3n) is 16.6. The molecule has 75 heavy (non-hydrogen) atoms. The topological polar surface area (TPSA) is 0 Å². The molecule has 0 radical (unpaired) electrons. The van der Waals surface area contributed by atoms with Gasteiger partial charge < -0.3 is 0 Å². The van der Waals surface area contributed by atoms with Gasteiger partial charge in [-0.05, 0) is 194 Å². The standard InChI is InChI=1S/C74H67P/c1-71(2,3)47-35-45(36-48(40-47)72(4,5)6)64-63-43-61-55-28-20-19-27-54(55)56-29-21-31-58(66(56)61)68(63)65(46-37-49(73(7,8)9)41-50(38-46)74(10,11)12)70-62-39-44-33-34-53(42-60(44)57-30-22-32-59(67(57)62)69(64)70)75(51-23-15-13-16-24-51)52-25-17-14-18-26-52/h13-43H,1-12H3. The zero-order valence-electron chi connectivity index (χ0n) is 45.8. The first-order valence-corrected chi connectivity index (χ1v) is 28.5. The Balaban J connectivity index is 1.29. The molecule has 13 aromatic rings. The quantitative estimate of drug-likeness (QED) is 0.119. The maximum Gasteiger partial charge on any atom is -0.000697 e. The Kier molecular flexibility index (Phi) is 10.6. The van der Waals surface area contributed by atoms with Crippen LogP contribution in [0.15, 0.2) is 188 Å². The van der Waals surface area contributed by atoms with Crippen molar-refractivity contribution in [1.82, 2.24) is 0 Å². The van der Waals surface area contributed by atoms with Gasteiger partial charge in [0.15, 0.2) is 0 Å². The molecule has 0 atom stereocenters. The summed E-state index contributed by atoms with van der Waals surface area (Å²) in [7, 11) is -0.801. The van der Waals surface area contributed by atoms with Crippen LogP contribution < -0.4 is 15.9 Å². The molecule has 1 heteroatoms. The molecule has 0 aromatic heterocycles. The Hall–Kier alpha value is -7.11. The Morgan fingerprint density at radius 2 is 0.653 bits per heavy atom. The third-order valence-corrected chi connectivity index (χ3v) is 19.1. The average molecular weight is 987 g/mol. The Morgan fingerprint density at radius 3 is 1.17 bits per heavy atom. The van der Waals surface area contributed by atoms with Crippen LogP contribution >= 0.6 is 7.92 Å². The fourth-order valence-electron chi connectivity index (χ4n) is 12.6. The monoisotopic (exact) mass is 986 g/mol. The molecule has 13 rings (SSSR count). The molecule has 0 aliphatic heterocycles. The highest BCUT2D eigenvalue weighted by atomic mass is 31.1. The van der Waals surface area contributed by atoms with E-state index in [9.17, 15) is 0 Å². The SMILES string of the molecule is CC(C)(C)c1cc(-c2c3cc4c5ccccc5c5cccc(c3c(-c3cc(C(C)(C)C)cc(C(C)(C)C)c3)c3c6cc7ccc(P(c8ccccc8)c8ccccc8)cc7c7cccc(c23)c76)c54)cc(C(C)(C)C)c1. The van der Waals surface area contributed by atoms with Crippen LogP contribution in [0.4, 0.5) is 0 Å². The molecule has 368 valence electrons. The first-order valence-electron chi connectivity index (χ1n) is 27.2. The lowest BCUT2D eigenvalue weighted by atomic mass is 9.76. The molecule has 0 heterocycles. The van der Waals surface area contributed by atoms with Gasteiger partial charge in [-0.3, -0.25) is 0 Å². The van der Waals surface area contributed by atoms with Crippen molar-refractivity contribution in [3.63, 3.8) is 0 Å². The van der Waals surface area contributed by atoms with E-state index in [0.717, 1.165) is 0 Å². The lowest BCUT2D eigenvalue weighted by Crippen LogP contribution is -2.20. The molecule has 13 aromatic carbocycles. The molecule has 0 saturated heterocycles. The summed E-state index contributed by atoms with van der Waals surface area (Å²) >= 11 is 0. The minimum Gasteiger partial charge on any atom is -0.0622 e. The summed E-state index contributed by atoms with van der Waals surface area (Å²) < 4.78 is 0. The van der Waals surface area contributed by atoms with Gasteiger partial charge >= 0.3 is 0 Å². The molecule has 0 fully saturated rings. The molecule has 0 aliphatic carbocycles. The predicted molar refractivity (Wildman–Crippen MR) is 333 cm³/mol. The molecular formula is C74H67P. The normalized spacial score (nSPS) is 13.2. The van der Waals surface area contributed by atoms with E-state index in [0.29, 0.717) is 0 Å². The molecule has 0 N–H and O–H groups in total. The van der Waals surface area contributed by atoms with Gasteiger partial charge in [0.1, 0.15) is 0 Å². The van der Waals surface area contributed by atoms with Crippen LogP contribution in [0.2, 0.25) is 0 Å². The lowest BCUT2D eigenvalue weighted by Gasteiger charge is -2.28. The number of rotatable bonds is 5. The van der Waals surface area contributed by atoms with Gasteiger partial charge in [-0.1, -0.05) is 253 Å². The largest absolute Gasteiger partial charge is 0.0622 e. The highest BCUT2D eigenvalue weighted by molar-refractivity contribution is 7.79. The van der Waals surface area contributed by atoms with E-state index in [-0.39, 0.29) is 21.7 Å². The zero-order chi connectivity index (χ0) is 52.1. The van der Waals surface area contributed by atoms with Gasteiger partial charge in [-0.25, -0.2) is 0 Å². The van der Waals surface area contributed by atoms with E-state index < -0.39 is 7.92 Å². The van der Waals surface area contributed by atoms with Crippen LogP contribution in [0.1, 0.15) is 105 Å². The summed E-state index contributed by atoms with van der Waals surface area (Å²) in [5.41, 5.74) is 10.4. The van der Waals surface area contributed by atoms with Gasteiger partial charge in [0.2, 0.25) is 0 Å². The summed E-state index contributed by atoms with van der Waals surface area (Å²) in [6.45, 7) is 28.6. The second kappa shape index (κ2) is 16.7. The van der Waals surface area contributed by atoms with Crippen molar-refractivity contribution < 1.29 is 0 Å². The summed E-state index contributed by atoms with van der Waals surface area (Å²) in [6, 6.07) is 73.6. The lowest BCUT2D eigenvalue weighted by molar-refractivity contribution is 0.568. The van der Waals surface area contributed by atoms with E-state index >= 15 is 0 Å². The second-order valence-electron chi connectivity index (χ2n) is 25.8. The molecule has 0 aliphatic rings. The molecule has 0 amide bonds. The number of benzene rings is 11. The highest BCUT2D eigenvalue weighted by Gasteiger charge is 2.31. The van der Waals surface area contributed by atoms with Crippen molar-refractivity contribution in [3.8, 4) is 22.3 Å². The Bertz CT molecular complexity index is 4310. The van der Waals surface area contributed by atoms with Crippen LogP contribution in [-0.2, 0) is 21.7 Å². The first-order chi connectivity index (χ1) is 35.7. The van der Waals surface area contributed by atoms with Crippen molar-refractivity contribution in [3.05, 3.63) is 210 Å².